The molecule has 2 aliphatic carbocycles. The van der Waals surface area contributed by atoms with Crippen molar-refractivity contribution >= 4 is 0 Å². The van der Waals surface area contributed by atoms with Gasteiger partial charge in [-0.15, -0.1) is 0 Å². The third kappa shape index (κ3) is 1.47. The van der Waals surface area contributed by atoms with Crippen LogP contribution in [0.15, 0.2) is 0 Å². The Bertz CT molecular complexity index is 177. The number of hydrogen-bond donors (Lipinski definition) is 1. The fraction of sp³-hybridized carbons (Fsp3) is 1.00. The number of aliphatic hydroxyl groups excluding tert-OH is 1. The molecule has 1 unspecified atom stereocenters. The first kappa shape index (κ1) is 9.38. The molecular formula is C10H16F2O. The van der Waals surface area contributed by atoms with Gasteiger partial charge in [-0.1, -0.05) is 6.42 Å². The van der Waals surface area contributed by atoms with E-state index in [0.29, 0.717) is 25.7 Å². The Balaban J connectivity index is 2.12. The van der Waals surface area contributed by atoms with E-state index >= 15 is 0 Å². The predicted octanol–water partition coefficient (Wildman–Crippen LogP) is 2.44. The molecule has 1 nitrogen and oxygen atoms in total. The van der Waals surface area contributed by atoms with Crippen LogP contribution in [0.25, 0.3) is 0 Å². The van der Waals surface area contributed by atoms with E-state index in [2.05, 4.69) is 0 Å². The molecule has 1 N–H and O–H groups in total. The Morgan fingerprint density at radius 3 is 2.15 bits per heavy atom. The van der Waals surface area contributed by atoms with Gasteiger partial charge >= 0.3 is 0 Å². The van der Waals surface area contributed by atoms with E-state index in [4.69, 9.17) is 5.11 Å². The molecule has 3 heteroatoms. The van der Waals surface area contributed by atoms with Gasteiger partial charge in [-0.2, -0.15) is 0 Å². The summed E-state index contributed by atoms with van der Waals surface area (Å²) in [6.45, 7) is 0.0864. The number of fused-ring (bicyclic) bond motifs is 2. The third-order valence-corrected chi connectivity index (χ3v) is 3.69. The molecule has 0 aromatic carbocycles. The highest BCUT2D eigenvalue weighted by molar-refractivity contribution is 4.95. The number of alkyl halides is 2. The summed E-state index contributed by atoms with van der Waals surface area (Å²) in [7, 11) is 0. The summed E-state index contributed by atoms with van der Waals surface area (Å²) in [5.41, 5.74) is 0. The number of rotatable bonds is 1. The van der Waals surface area contributed by atoms with E-state index in [1.54, 1.807) is 0 Å². The molecule has 3 atom stereocenters. The zero-order chi connectivity index (χ0) is 9.47. The lowest BCUT2D eigenvalue weighted by atomic mass is 9.65. The second-order valence-electron chi connectivity index (χ2n) is 4.52. The summed E-state index contributed by atoms with van der Waals surface area (Å²) in [6.07, 6.45) is 3.31. The van der Waals surface area contributed by atoms with Crippen LogP contribution in [-0.4, -0.2) is 17.6 Å². The molecule has 0 aliphatic heterocycles. The molecule has 2 fully saturated rings. The Kier molecular flexibility index (Phi) is 2.30. The molecule has 0 heterocycles. The number of aliphatic hydroxyl groups is 1. The van der Waals surface area contributed by atoms with Crippen LogP contribution in [0.4, 0.5) is 8.78 Å². The maximum absolute atomic E-state index is 13.5. The molecule has 76 valence electrons. The minimum absolute atomic E-state index is 0.0864. The van der Waals surface area contributed by atoms with Crippen molar-refractivity contribution in [2.75, 3.05) is 6.61 Å². The minimum Gasteiger partial charge on any atom is -0.396 e. The van der Waals surface area contributed by atoms with E-state index < -0.39 is 17.8 Å². The van der Waals surface area contributed by atoms with Crippen LogP contribution in [-0.2, 0) is 0 Å². The predicted molar refractivity (Wildman–Crippen MR) is 45.6 cm³/mol. The average molecular weight is 190 g/mol. The van der Waals surface area contributed by atoms with Gasteiger partial charge in [0.05, 0.1) is 0 Å². The number of hydrogen-bond acceptors (Lipinski definition) is 1. The van der Waals surface area contributed by atoms with Gasteiger partial charge in [0, 0.05) is 18.4 Å². The zero-order valence-electron chi connectivity index (χ0n) is 7.68. The first-order valence-corrected chi connectivity index (χ1v) is 5.13. The van der Waals surface area contributed by atoms with Crippen LogP contribution < -0.4 is 0 Å². The lowest BCUT2D eigenvalue weighted by molar-refractivity contribution is -0.168. The summed E-state index contributed by atoms with van der Waals surface area (Å²) in [5.74, 6) is -3.20. The maximum Gasteiger partial charge on any atom is 0.253 e. The Morgan fingerprint density at radius 1 is 1.15 bits per heavy atom. The quantitative estimate of drug-likeness (QED) is 0.673. The Labute approximate surface area is 77.1 Å². The van der Waals surface area contributed by atoms with Crippen LogP contribution >= 0.6 is 0 Å². The van der Waals surface area contributed by atoms with Crippen molar-refractivity contribution in [3.05, 3.63) is 0 Å². The smallest absolute Gasteiger partial charge is 0.253 e. The van der Waals surface area contributed by atoms with Gasteiger partial charge in [0.2, 0.25) is 0 Å². The van der Waals surface area contributed by atoms with Crippen LogP contribution in [0.2, 0.25) is 0 Å². The second kappa shape index (κ2) is 3.19. The average Bonchev–Trinajstić information content (AvgIpc) is 2.02. The van der Waals surface area contributed by atoms with E-state index in [1.807, 2.05) is 0 Å². The van der Waals surface area contributed by atoms with Gasteiger partial charge in [-0.3, -0.25) is 0 Å². The lowest BCUT2D eigenvalue weighted by Crippen LogP contribution is -2.46. The first-order chi connectivity index (χ1) is 6.14. The fourth-order valence-electron chi connectivity index (χ4n) is 2.93. The molecular weight excluding hydrogens is 174 g/mol. The van der Waals surface area contributed by atoms with Crippen LogP contribution in [0, 0.1) is 17.8 Å². The Hall–Kier alpha value is -0.180. The summed E-state index contributed by atoms with van der Waals surface area (Å²) < 4.78 is 27.1. The lowest BCUT2D eigenvalue weighted by Gasteiger charge is -2.45. The van der Waals surface area contributed by atoms with Crippen LogP contribution in [0.3, 0.4) is 0 Å². The standard InChI is InChI=1S/C10H16F2O/c11-10(12)8-2-1-3-9(10)5-7(4-8)6-13/h7-9,13H,1-6H2/t7?,8-,9+. The van der Waals surface area contributed by atoms with Gasteiger partial charge in [0.15, 0.2) is 0 Å². The van der Waals surface area contributed by atoms with Crippen molar-refractivity contribution in [1.29, 1.82) is 0 Å². The van der Waals surface area contributed by atoms with E-state index in [9.17, 15) is 8.78 Å². The van der Waals surface area contributed by atoms with Crippen molar-refractivity contribution in [3.63, 3.8) is 0 Å². The van der Waals surface area contributed by atoms with Crippen molar-refractivity contribution in [2.24, 2.45) is 17.8 Å². The molecule has 0 amide bonds. The molecule has 2 bridgehead atoms. The van der Waals surface area contributed by atoms with Crippen molar-refractivity contribution < 1.29 is 13.9 Å². The largest absolute Gasteiger partial charge is 0.396 e. The van der Waals surface area contributed by atoms with Crippen LogP contribution in [0.5, 0.6) is 0 Å². The minimum atomic E-state index is -2.44. The van der Waals surface area contributed by atoms with E-state index in [0.717, 1.165) is 6.42 Å². The fourth-order valence-corrected chi connectivity index (χ4v) is 2.93. The van der Waals surface area contributed by atoms with Gasteiger partial charge in [0.1, 0.15) is 0 Å². The summed E-state index contributed by atoms with van der Waals surface area (Å²) in [5, 5.41) is 8.97. The summed E-state index contributed by atoms with van der Waals surface area (Å²) in [4.78, 5) is 0. The van der Waals surface area contributed by atoms with Gasteiger partial charge < -0.3 is 5.11 Å². The van der Waals surface area contributed by atoms with Gasteiger partial charge in [-0.25, -0.2) is 8.78 Å². The number of halogens is 2. The van der Waals surface area contributed by atoms with Crippen molar-refractivity contribution in [3.8, 4) is 0 Å². The molecule has 0 aromatic heterocycles. The SMILES string of the molecule is OCC1C[C@H]2CCC[C@@H](C1)C2(F)F. The molecule has 2 aliphatic rings. The van der Waals surface area contributed by atoms with Crippen molar-refractivity contribution in [2.45, 2.75) is 38.0 Å². The Morgan fingerprint density at radius 2 is 1.69 bits per heavy atom. The van der Waals surface area contributed by atoms with E-state index in [1.165, 1.54) is 0 Å². The van der Waals surface area contributed by atoms with Gasteiger partial charge in [0.25, 0.3) is 5.92 Å². The van der Waals surface area contributed by atoms with Crippen molar-refractivity contribution in [1.82, 2.24) is 0 Å². The zero-order valence-corrected chi connectivity index (χ0v) is 7.68. The maximum atomic E-state index is 13.5. The van der Waals surface area contributed by atoms with Crippen LogP contribution in [0.1, 0.15) is 32.1 Å². The molecule has 0 aromatic rings. The molecule has 0 saturated heterocycles. The molecule has 2 saturated carbocycles. The summed E-state index contributed by atoms with van der Waals surface area (Å²) in [6, 6.07) is 0. The molecule has 0 spiro atoms. The highest BCUT2D eigenvalue weighted by Crippen LogP contribution is 2.52. The third-order valence-electron chi connectivity index (χ3n) is 3.69. The normalized spacial score (nSPS) is 43.2. The highest BCUT2D eigenvalue weighted by Gasteiger charge is 2.53. The summed E-state index contributed by atoms with van der Waals surface area (Å²) >= 11 is 0. The highest BCUT2D eigenvalue weighted by atomic mass is 19.3. The first-order valence-electron chi connectivity index (χ1n) is 5.13. The topological polar surface area (TPSA) is 20.2 Å². The molecule has 0 radical (unpaired) electrons. The van der Waals surface area contributed by atoms with E-state index in [-0.39, 0.29) is 12.5 Å². The molecule has 2 rings (SSSR count). The van der Waals surface area contributed by atoms with Gasteiger partial charge in [-0.05, 0) is 31.6 Å². The molecule has 13 heavy (non-hydrogen) atoms. The second-order valence-corrected chi connectivity index (χ2v) is 4.52. The monoisotopic (exact) mass is 190 g/mol.